The average Bonchev–Trinajstić information content (AvgIpc) is 3.07. The van der Waals surface area contributed by atoms with E-state index in [0.29, 0.717) is 12.2 Å². The molecule has 0 aromatic carbocycles. The maximum absolute atomic E-state index is 12.4. The van der Waals surface area contributed by atoms with Crippen LogP contribution in [0, 0.1) is 18.3 Å². The van der Waals surface area contributed by atoms with Crippen LogP contribution in [0.25, 0.3) is 12.2 Å². The molecule has 3 rings (SSSR count). The van der Waals surface area contributed by atoms with Gasteiger partial charge in [0.05, 0.1) is 29.4 Å². The smallest absolute Gasteiger partial charge is 0.411 e. The highest BCUT2D eigenvalue weighted by atomic mass is 16.6. The molecular formula is C18H23N3O3. The topological polar surface area (TPSA) is 78.5 Å². The van der Waals surface area contributed by atoms with Gasteiger partial charge in [0.25, 0.3) is 0 Å². The Bertz CT molecular complexity index is 797. The van der Waals surface area contributed by atoms with Crippen LogP contribution in [-0.4, -0.2) is 44.3 Å². The molecule has 1 aliphatic carbocycles. The fraction of sp³-hybridized carbons (Fsp3) is 0.556. The summed E-state index contributed by atoms with van der Waals surface area (Å²) in [5.74, 6) is 3.44. The molecular weight excluding hydrogens is 306 g/mol. The maximum Gasteiger partial charge on any atom is 0.411 e. The molecule has 0 bridgehead atoms. The lowest BCUT2D eigenvalue weighted by molar-refractivity contribution is 0.0201. The second-order valence-corrected chi connectivity index (χ2v) is 7.34. The number of rotatable bonds is 1. The lowest BCUT2D eigenvalue weighted by Crippen LogP contribution is -2.37. The number of β-amino-alcohol motifs (C(OH)–C–C–N with tert-alkyl or cyclic N) is 1. The van der Waals surface area contributed by atoms with Gasteiger partial charge in [-0.1, -0.05) is 12.0 Å². The van der Waals surface area contributed by atoms with Crippen molar-refractivity contribution in [2.24, 2.45) is 5.92 Å². The van der Waals surface area contributed by atoms with Gasteiger partial charge in [-0.2, -0.15) is 0 Å². The Balaban J connectivity index is 1.90. The number of nitrogens with one attached hydrogen (secondary N) is 1. The molecule has 3 atom stereocenters. The molecule has 0 radical (unpaired) electrons. The van der Waals surface area contributed by atoms with E-state index < -0.39 is 17.8 Å². The number of aliphatic hydroxyl groups is 1. The fourth-order valence-electron chi connectivity index (χ4n) is 3.08. The van der Waals surface area contributed by atoms with Crippen molar-refractivity contribution >= 4 is 18.2 Å². The van der Waals surface area contributed by atoms with Gasteiger partial charge in [-0.25, -0.2) is 9.78 Å². The molecule has 1 aromatic rings. The predicted molar refractivity (Wildman–Crippen MR) is 90.0 cm³/mol. The van der Waals surface area contributed by atoms with Gasteiger partial charge >= 0.3 is 6.09 Å². The van der Waals surface area contributed by atoms with Crippen molar-refractivity contribution in [1.82, 2.24) is 14.9 Å². The molecule has 1 aromatic heterocycles. The number of aliphatic hydroxyl groups excluding tert-OH is 1. The van der Waals surface area contributed by atoms with E-state index in [4.69, 9.17) is 11.2 Å². The van der Waals surface area contributed by atoms with Crippen LogP contribution in [0.2, 0.25) is 0 Å². The van der Waals surface area contributed by atoms with Crippen LogP contribution in [0.4, 0.5) is 4.79 Å². The van der Waals surface area contributed by atoms with Gasteiger partial charge < -0.3 is 14.8 Å². The van der Waals surface area contributed by atoms with E-state index in [1.807, 2.05) is 32.9 Å². The number of hydrogen-bond donors (Lipinski definition) is 2. The highest BCUT2D eigenvalue weighted by Crippen LogP contribution is 2.31. The first-order chi connectivity index (χ1) is 11.3. The minimum Gasteiger partial charge on any atom is -0.444 e. The molecule has 2 heterocycles. The van der Waals surface area contributed by atoms with Crippen LogP contribution in [0.1, 0.15) is 45.5 Å². The van der Waals surface area contributed by atoms with E-state index in [2.05, 4.69) is 15.9 Å². The summed E-state index contributed by atoms with van der Waals surface area (Å²) in [5.41, 5.74) is -0.584. The number of aromatic amines is 1. The second-order valence-electron chi connectivity index (χ2n) is 7.34. The van der Waals surface area contributed by atoms with Crippen LogP contribution >= 0.6 is 0 Å². The van der Waals surface area contributed by atoms with Gasteiger partial charge in [-0.15, -0.1) is 6.42 Å². The number of H-pyrrole nitrogens is 1. The van der Waals surface area contributed by atoms with Gasteiger partial charge in [-0.05, 0) is 33.3 Å². The van der Waals surface area contributed by atoms with Gasteiger partial charge in [-0.3, -0.25) is 4.90 Å². The van der Waals surface area contributed by atoms with E-state index in [1.165, 1.54) is 0 Å². The molecule has 6 heteroatoms. The first-order valence-electron chi connectivity index (χ1n) is 8.18. The molecule has 24 heavy (non-hydrogen) atoms. The third kappa shape index (κ3) is 3.31. The van der Waals surface area contributed by atoms with Gasteiger partial charge in [0, 0.05) is 12.3 Å². The quantitative estimate of drug-likeness (QED) is 0.742. The monoisotopic (exact) mass is 329 g/mol. The van der Waals surface area contributed by atoms with Crippen LogP contribution in [-0.2, 0) is 4.74 Å². The van der Waals surface area contributed by atoms with Gasteiger partial charge in [0.2, 0.25) is 0 Å². The standard InChI is InChI=1S/C18H23N3O3/c1-5-11-6-7-13-14(8-11)20-16(19-13)15-9-12(22)10-21(15)17(23)24-18(2,3)4/h1,7-8,11-12,15,22H,6,9-10H2,2-4H3,(H,19,20)/t11?,12-,15+/m1/s1. The summed E-state index contributed by atoms with van der Waals surface area (Å²) >= 11 is 0. The van der Waals surface area contributed by atoms with Crippen molar-refractivity contribution in [2.45, 2.75) is 51.4 Å². The average molecular weight is 329 g/mol. The number of imidazole rings is 1. The molecule has 1 saturated heterocycles. The zero-order valence-electron chi connectivity index (χ0n) is 14.2. The Labute approximate surface area is 141 Å². The van der Waals surface area contributed by atoms with Crippen molar-refractivity contribution in [3.63, 3.8) is 0 Å². The fourth-order valence-corrected chi connectivity index (χ4v) is 3.08. The summed E-state index contributed by atoms with van der Waals surface area (Å²) in [6.07, 6.45) is 9.65. The largest absolute Gasteiger partial charge is 0.444 e. The zero-order chi connectivity index (χ0) is 17.5. The molecule has 128 valence electrons. The maximum atomic E-state index is 12.4. The molecule has 0 saturated carbocycles. The SMILES string of the molecule is C#CC1C=c2[nH]c([C@@H]3C[C@@H](O)CN3C(=O)OC(C)(C)C)nc2=CC1. The van der Waals surface area contributed by atoms with Gasteiger partial charge in [0.15, 0.2) is 0 Å². The minimum atomic E-state index is -0.587. The minimum absolute atomic E-state index is 0.0573. The third-order valence-corrected chi connectivity index (χ3v) is 4.15. The van der Waals surface area contributed by atoms with Gasteiger partial charge in [0.1, 0.15) is 11.4 Å². The normalized spacial score (nSPS) is 26.1. The van der Waals surface area contributed by atoms with E-state index in [0.717, 1.165) is 17.1 Å². The van der Waals surface area contributed by atoms with E-state index >= 15 is 0 Å². The first-order valence-corrected chi connectivity index (χ1v) is 8.18. The second kappa shape index (κ2) is 5.99. The van der Waals surface area contributed by atoms with Crippen LogP contribution in [0.5, 0.6) is 0 Å². The molecule has 1 fully saturated rings. The number of aromatic nitrogens is 2. The third-order valence-electron chi connectivity index (χ3n) is 4.15. The Morgan fingerprint density at radius 2 is 2.29 bits per heavy atom. The number of nitrogens with zero attached hydrogens (tertiary/aromatic N) is 2. The Kier molecular flexibility index (Phi) is 4.14. The van der Waals surface area contributed by atoms with Crippen molar-refractivity contribution < 1.29 is 14.6 Å². The summed E-state index contributed by atoms with van der Waals surface area (Å²) < 4.78 is 5.45. The van der Waals surface area contributed by atoms with Crippen molar-refractivity contribution in [1.29, 1.82) is 0 Å². The van der Waals surface area contributed by atoms with E-state index in [-0.39, 0.29) is 18.5 Å². The van der Waals surface area contributed by atoms with E-state index in [1.54, 1.807) is 4.90 Å². The number of carbonyl (C=O) groups excluding carboxylic acids is 1. The molecule has 2 aliphatic rings. The van der Waals surface area contributed by atoms with Crippen molar-refractivity contribution in [2.75, 3.05) is 6.54 Å². The number of fused-ring (bicyclic) bond motifs is 1. The Morgan fingerprint density at radius 1 is 1.54 bits per heavy atom. The summed E-state index contributed by atoms with van der Waals surface area (Å²) in [6, 6.07) is -0.327. The number of likely N-dealkylation sites (tertiary alicyclic amines) is 1. The number of terminal acetylenes is 1. The summed E-state index contributed by atoms with van der Waals surface area (Å²) in [7, 11) is 0. The molecule has 1 unspecified atom stereocenters. The first kappa shape index (κ1) is 16.6. The molecule has 1 amide bonds. The van der Waals surface area contributed by atoms with Crippen molar-refractivity contribution in [3.8, 4) is 12.3 Å². The lowest BCUT2D eigenvalue weighted by atomic mass is 10.0. The highest BCUT2D eigenvalue weighted by molar-refractivity contribution is 5.69. The highest BCUT2D eigenvalue weighted by Gasteiger charge is 2.39. The summed E-state index contributed by atoms with van der Waals surface area (Å²) in [4.78, 5) is 21.8. The number of ether oxygens (including phenoxy) is 1. The summed E-state index contributed by atoms with van der Waals surface area (Å²) in [6.45, 7) is 5.71. The predicted octanol–water partition coefficient (Wildman–Crippen LogP) is 0.667. The number of hydrogen-bond acceptors (Lipinski definition) is 4. The molecule has 6 nitrogen and oxygen atoms in total. The number of amides is 1. The van der Waals surface area contributed by atoms with Crippen LogP contribution in [0.3, 0.4) is 0 Å². The molecule has 1 aliphatic heterocycles. The van der Waals surface area contributed by atoms with Crippen LogP contribution in [0.15, 0.2) is 0 Å². The lowest BCUT2D eigenvalue weighted by Gasteiger charge is -2.27. The summed E-state index contributed by atoms with van der Waals surface area (Å²) in [5, 5.41) is 11.8. The van der Waals surface area contributed by atoms with Crippen LogP contribution < -0.4 is 10.7 Å². The zero-order valence-corrected chi connectivity index (χ0v) is 14.2. The Hall–Kier alpha value is -2.26. The van der Waals surface area contributed by atoms with E-state index in [9.17, 15) is 9.90 Å². The molecule has 2 N–H and O–H groups in total. The Morgan fingerprint density at radius 3 is 2.96 bits per heavy atom. The van der Waals surface area contributed by atoms with Crippen molar-refractivity contribution in [3.05, 3.63) is 16.5 Å². The number of carbonyl (C=O) groups is 1. The molecule has 0 spiro atoms.